The minimum absolute atomic E-state index is 0.0311. The van der Waals surface area contributed by atoms with Crippen molar-refractivity contribution in [3.05, 3.63) is 106 Å². The lowest BCUT2D eigenvalue weighted by Crippen LogP contribution is -2.58. The molecule has 7 nitrogen and oxygen atoms in total. The highest BCUT2D eigenvalue weighted by Crippen LogP contribution is 2.37. The lowest BCUT2D eigenvalue weighted by atomic mass is 9.96. The molecule has 0 fully saturated rings. The normalized spacial score (nSPS) is 20.7. The molecule has 0 unspecified atom stereocenters. The van der Waals surface area contributed by atoms with Gasteiger partial charge >= 0.3 is 0 Å². The van der Waals surface area contributed by atoms with Crippen LogP contribution in [0.5, 0.6) is 11.5 Å². The summed E-state index contributed by atoms with van der Waals surface area (Å²) in [6.07, 6.45) is 5.46. The fourth-order valence-electron chi connectivity index (χ4n) is 4.79. The smallest absolute Gasteiger partial charge is 0.278 e. The third kappa shape index (κ3) is 3.63. The average molecular weight is 458 g/mol. The van der Waals surface area contributed by atoms with Gasteiger partial charge in [0.1, 0.15) is 25.1 Å². The van der Waals surface area contributed by atoms with Gasteiger partial charge in [-0.2, -0.15) is 0 Å². The zero-order valence-corrected chi connectivity index (χ0v) is 19.2. The van der Waals surface area contributed by atoms with Crippen LogP contribution in [0.3, 0.4) is 0 Å². The third-order valence-corrected chi connectivity index (χ3v) is 6.43. The van der Waals surface area contributed by atoms with E-state index < -0.39 is 11.2 Å². The summed E-state index contributed by atoms with van der Waals surface area (Å²) in [6.45, 7) is 4.71. The van der Waals surface area contributed by atoms with Crippen LogP contribution < -0.4 is 15.2 Å². The van der Waals surface area contributed by atoms with Gasteiger partial charge in [0.05, 0.1) is 6.04 Å². The molecule has 1 N–H and O–H groups in total. The van der Waals surface area contributed by atoms with Crippen molar-refractivity contribution in [2.24, 2.45) is 5.92 Å². The Labute approximate surface area is 198 Å². The first kappa shape index (κ1) is 21.8. The predicted octanol–water partition coefficient (Wildman–Crippen LogP) is 3.67. The number of aromatic hydroxyl groups is 1. The second kappa shape index (κ2) is 8.74. The lowest BCUT2D eigenvalue weighted by Gasteiger charge is -2.46. The van der Waals surface area contributed by atoms with E-state index in [4.69, 9.17) is 4.74 Å². The number of fused-ring (bicyclic) bond motifs is 5. The van der Waals surface area contributed by atoms with Gasteiger partial charge in [-0.1, -0.05) is 68.5 Å². The molecule has 0 spiro atoms. The van der Waals surface area contributed by atoms with Crippen molar-refractivity contribution in [2.45, 2.75) is 25.9 Å². The quantitative estimate of drug-likeness (QED) is 0.595. The van der Waals surface area contributed by atoms with Gasteiger partial charge in [0.2, 0.25) is 5.43 Å². The summed E-state index contributed by atoms with van der Waals surface area (Å²) in [5.41, 5.74) is 1.30. The molecule has 3 heterocycles. The Morgan fingerprint density at radius 1 is 1.00 bits per heavy atom. The first-order valence-electron chi connectivity index (χ1n) is 11.4. The van der Waals surface area contributed by atoms with E-state index >= 15 is 0 Å². The minimum Gasteiger partial charge on any atom is -0.502 e. The molecule has 0 saturated heterocycles. The van der Waals surface area contributed by atoms with Crippen LogP contribution in [0.15, 0.2) is 83.8 Å². The van der Waals surface area contributed by atoms with Crippen molar-refractivity contribution in [3.63, 3.8) is 0 Å². The van der Waals surface area contributed by atoms with Crippen molar-refractivity contribution in [1.82, 2.24) is 9.58 Å². The molecule has 1 amide bonds. The van der Waals surface area contributed by atoms with Crippen LogP contribution in [0.25, 0.3) is 0 Å². The Morgan fingerprint density at radius 2 is 1.74 bits per heavy atom. The Bertz CT molecular complexity index is 1300. The summed E-state index contributed by atoms with van der Waals surface area (Å²) in [6, 6.07) is 18.5. The number of aromatic nitrogens is 1. The van der Waals surface area contributed by atoms with Crippen molar-refractivity contribution in [3.8, 4) is 11.5 Å². The van der Waals surface area contributed by atoms with E-state index in [1.165, 1.54) is 6.07 Å². The van der Waals surface area contributed by atoms with Gasteiger partial charge in [0, 0.05) is 17.8 Å². The number of carbonyl (C=O) groups is 1. The second-order valence-corrected chi connectivity index (χ2v) is 8.90. The zero-order chi connectivity index (χ0) is 23.8. The molecule has 2 aromatic carbocycles. The van der Waals surface area contributed by atoms with Crippen molar-refractivity contribution < 1.29 is 14.6 Å². The van der Waals surface area contributed by atoms with Crippen LogP contribution in [-0.4, -0.2) is 39.9 Å². The van der Waals surface area contributed by atoms with E-state index in [1.807, 2.05) is 85.6 Å². The topological polar surface area (TPSA) is 75.0 Å². The Kier molecular flexibility index (Phi) is 5.61. The van der Waals surface area contributed by atoms with Crippen LogP contribution in [0.4, 0.5) is 0 Å². The van der Waals surface area contributed by atoms with Crippen LogP contribution >= 0.6 is 0 Å². The number of para-hydroxylation sites is 1. The van der Waals surface area contributed by atoms with Gasteiger partial charge in [0.25, 0.3) is 5.91 Å². The first-order chi connectivity index (χ1) is 16.5. The highest BCUT2D eigenvalue weighted by Gasteiger charge is 2.40. The molecular weight excluding hydrogens is 430 g/mol. The third-order valence-electron chi connectivity index (χ3n) is 6.43. The largest absolute Gasteiger partial charge is 0.502 e. The van der Waals surface area contributed by atoms with Crippen molar-refractivity contribution in [2.75, 3.05) is 18.3 Å². The molecule has 0 saturated carbocycles. The molecule has 2 aliphatic rings. The van der Waals surface area contributed by atoms with Crippen LogP contribution in [0, 0.1) is 5.92 Å². The van der Waals surface area contributed by atoms with E-state index in [9.17, 15) is 14.7 Å². The molecule has 7 heteroatoms. The molecule has 0 radical (unpaired) electrons. The van der Waals surface area contributed by atoms with E-state index in [0.717, 1.165) is 16.9 Å². The monoisotopic (exact) mass is 457 g/mol. The fourth-order valence-corrected chi connectivity index (χ4v) is 4.79. The maximum Gasteiger partial charge on any atom is 0.278 e. The molecule has 2 aliphatic heterocycles. The Balaban J connectivity index is 1.82. The SMILES string of the molecule is CC(C)[C@H]1/C=C\COc2ccccc2[C@H](c2ccccc2)N2CN1C(=O)c1c(O)c(=O)ccn12. The molecule has 0 aliphatic carbocycles. The van der Waals surface area contributed by atoms with E-state index in [-0.39, 0.29) is 36.3 Å². The van der Waals surface area contributed by atoms with Gasteiger partial charge in [-0.3, -0.25) is 19.3 Å². The number of benzene rings is 2. The number of pyridine rings is 1. The lowest BCUT2D eigenvalue weighted by molar-refractivity contribution is 0.0588. The number of carbonyl (C=O) groups excluding carboxylic acids is 1. The Morgan fingerprint density at radius 3 is 2.50 bits per heavy atom. The maximum atomic E-state index is 13.7. The number of amides is 1. The standard InChI is InChI=1S/C27H27N3O4/c1-18(2)21-12-8-16-34-23-13-7-6-11-20(23)24(19-9-4-3-5-10-19)30-17-28(21)27(33)25-26(32)22(31)14-15-29(25)30/h3-15,18,21,24,32H,16-17H2,1-2H3/b12-8-/t21-,24+/m1/s1. The number of hydrogen-bond donors (Lipinski definition) is 1. The molecule has 34 heavy (non-hydrogen) atoms. The summed E-state index contributed by atoms with van der Waals surface area (Å²) in [5.74, 6) is -0.0845. The van der Waals surface area contributed by atoms with Gasteiger partial charge in [0.15, 0.2) is 11.4 Å². The molecule has 1 aromatic heterocycles. The van der Waals surface area contributed by atoms with Gasteiger partial charge in [-0.05, 0) is 23.6 Å². The second-order valence-electron chi connectivity index (χ2n) is 8.90. The summed E-state index contributed by atoms with van der Waals surface area (Å²) >= 11 is 0. The summed E-state index contributed by atoms with van der Waals surface area (Å²) in [5, 5.41) is 12.7. The highest BCUT2D eigenvalue weighted by molar-refractivity contribution is 5.96. The van der Waals surface area contributed by atoms with E-state index in [2.05, 4.69) is 0 Å². The van der Waals surface area contributed by atoms with Crippen LogP contribution in [0.1, 0.15) is 41.5 Å². The number of rotatable bonds is 2. The van der Waals surface area contributed by atoms with Crippen molar-refractivity contribution >= 4 is 5.91 Å². The van der Waals surface area contributed by atoms with E-state index in [0.29, 0.717) is 6.61 Å². The molecular formula is C27H27N3O4. The summed E-state index contributed by atoms with van der Waals surface area (Å²) < 4.78 is 7.79. The Hall–Kier alpha value is -4.00. The van der Waals surface area contributed by atoms with Gasteiger partial charge in [-0.25, -0.2) is 0 Å². The van der Waals surface area contributed by atoms with Gasteiger partial charge in [-0.15, -0.1) is 0 Å². The van der Waals surface area contributed by atoms with E-state index in [1.54, 1.807) is 15.8 Å². The molecule has 3 aromatic rings. The zero-order valence-electron chi connectivity index (χ0n) is 19.2. The number of nitrogens with zero attached hydrogens (tertiary/aromatic N) is 3. The maximum absolute atomic E-state index is 13.7. The highest BCUT2D eigenvalue weighted by atomic mass is 16.5. The first-order valence-corrected chi connectivity index (χ1v) is 11.4. The van der Waals surface area contributed by atoms with Gasteiger partial charge < -0.3 is 14.7 Å². The van der Waals surface area contributed by atoms with Crippen molar-refractivity contribution in [1.29, 1.82) is 0 Å². The minimum atomic E-state index is -0.581. The molecule has 2 bridgehead atoms. The molecule has 174 valence electrons. The number of ether oxygens (including phenoxy) is 1. The average Bonchev–Trinajstić information content (AvgIpc) is 2.86. The molecule has 5 rings (SSSR count). The van der Waals surface area contributed by atoms with Crippen LogP contribution in [-0.2, 0) is 0 Å². The van der Waals surface area contributed by atoms with Crippen LogP contribution in [0.2, 0.25) is 0 Å². The molecule has 2 atom stereocenters. The number of hydrogen-bond acceptors (Lipinski definition) is 5. The predicted molar refractivity (Wildman–Crippen MR) is 130 cm³/mol. The fraction of sp³-hybridized carbons (Fsp3) is 0.259. The summed E-state index contributed by atoms with van der Waals surface area (Å²) in [4.78, 5) is 27.8. The summed E-state index contributed by atoms with van der Waals surface area (Å²) in [7, 11) is 0.